The van der Waals surface area contributed by atoms with E-state index in [1.54, 1.807) is 29.2 Å². The molecule has 3 N–H and O–H groups in total. The number of rotatable bonds is 8. The first-order valence-corrected chi connectivity index (χ1v) is 13.2. The third-order valence-corrected chi connectivity index (χ3v) is 7.22. The van der Waals surface area contributed by atoms with Crippen LogP contribution in [0.1, 0.15) is 28.0 Å². The number of imide groups is 1. The van der Waals surface area contributed by atoms with Crippen LogP contribution < -0.4 is 20.7 Å². The fourth-order valence-electron chi connectivity index (χ4n) is 4.97. The largest absolute Gasteiger partial charge is 0.489 e. The van der Waals surface area contributed by atoms with Gasteiger partial charge in [-0.25, -0.2) is 4.79 Å². The van der Waals surface area contributed by atoms with E-state index in [4.69, 9.17) is 4.74 Å². The lowest BCUT2D eigenvalue weighted by Gasteiger charge is -2.34. The monoisotopic (exact) mass is 544 g/mol. The number of hydrogen-bond acceptors (Lipinski definition) is 7. The van der Waals surface area contributed by atoms with Gasteiger partial charge in [0.05, 0.1) is 11.6 Å². The molecular formula is C29H32N6O5. The fraction of sp³-hybridized carbons (Fsp3) is 0.345. The first-order chi connectivity index (χ1) is 19.3. The lowest BCUT2D eigenvalue weighted by molar-refractivity contribution is -0.133. The Hall–Kier alpha value is -4.51. The molecule has 3 heterocycles. The van der Waals surface area contributed by atoms with Crippen molar-refractivity contribution in [3.05, 3.63) is 71.4 Å². The van der Waals surface area contributed by atoms with Gasteiger partial charge in [-0.1, -0.05) is 18.2 Å². The molecule has 0 aliphatic carbocycles. The summed E-state index contributed by atoms with van der Waals surface area (Å²) in [5, 5.41) is 8.50. The number of benzene rings is 2. The number of piperazine rings is 1. The second-order valence-electron chi connectivity index (χ2n) is 10.2. The summed E-state index contributed by atoms with van der Waals surface area (Å²) in [5.74, 6) is -0.647. The maximum absolute atomic E-state index is 13.1. The Morgan fingerprint density at radius 2 is 1.80 bits per heavy atom. The number of ether oxygens (including phenoxy) is 1. The number of carbonyl (C=O) groups excluding carboxylic acids is 4. The smallest absolute Gasteiger partial charge is 0.322 e. The summed E-state index contributed by atoms with van der Waals surface area (Å²) in [6, 6.07) is 13.9. The molecule has 2 aliphatic rings. The van der Waals surface area contributed by atoms with Gasteiger partial charge in [-0.3, -0.25) is 24.7 Å². The highest BCUT2D eigenvalue weighted by Crippen LogP contribution is 2.21. The van der Waals surface area contributed by atoms with E-state index in [1.807, 2.05) is 44.3 Å². The Balaban J connectivity index is 1.24. The number of aryl methyl sites for hydroxylation is 1. The van der Waals surface area contributed by atoms with Crippen LogP contribution in [-0.4, -0.2) is 83.8 Å². The molecule has 0 saturated carbocycles. The van der Waals surface area contributed by atoms with Crippen LogP contribution in [0.5, 0.6) is 5.75 Å². The number of fused-ring (bicyclic) bond motifs is 1. The van der Waals surface area contributed by atoms with E-state index in [9.17, 15) is 19.2 Å². The SMILES string of the molecule is Cc1cc(COc2ccc(C(=O)NC(CC(=O)N3CCN(C)CC3)C3NC(=O)NC3=O)cc2)c2ccccc2n1. The predicted octanol–water partition coefficient (Wildman–Crippen LogP) is 1.59. The van der Waals surface area contributed by atoms with E-state index in [2.05, 4.69) is 25.8 Å². The van der Waals surface area contributed by atoms with E-state index in [0.717, 1.165) is 35.2 Å². The molecule has 0 bridgehead atoms. The number of likely N-dealkylation sites (N-methyl/N-ethyl adjacent to an activating group) is 1. The van der Waals surface area contributed by atoms with Gasteiger partial charge in [0.25, 0.3) is 11.8 Å². The van der Waals surface area contributed by atoms with E-state index < -0.39 is 29.9 Å². The zero-order valence-corrected chi connectivity index (χ0v) is 22.5. The number of pyridine rings is 1. The van der Waals surface area contributed by atoms with Crippen LogP contribution in [0.3, 0.4) is 0 Å². The van der Waals surface area contributed by atoms with Crippen LogP contribution in [0.15, 0.2) is 54.6 Å². The van der Waals surface area contributed by atoms with Crippen molar-refractivity contribution in [3.8, 4) is 5.75 Å². The Labute approximate surface area is 231 Å². The fourth-order valence-corrected chi connectivity index (χ4v) is 4.97. The highest BCUT2D eigenvalue weighted by Gasteiger charge is 2.39. The zero-order valence-electron chi connectivity index (χ0n) is 22.5. The molecule has 40 heavy (non-hydrogen) atoms. The Morgan fingerprint density at radius 1 is 1.07 bits per heavy atom. The van der Waals surface area contributed by atoms with E-state index in [-0.39, 0.29) is 12.3 Å². The average Bonchev–Trinajstić information content (AvgIpc) is 3.29. The normalized spacial score (nSPS) is 18.2. The van der Waals surface area contributed by atoms with Gasteiger partial charge in [-0.05, 0) is 50.4 Å². The zero-order chi connectivity index (χ0) is 28.2. The number of para-hydroxylation sites is 1. The van der Waals surface area contributed by atoms with Crippen LogP contribution in [0, 0.1) is 6.92 Å². The van der Waals surface area contributed by atoms with Crippen molar-refractivity contribution in [2.24, 2.45) is 0 Å². The summed E-state index contributed by atoms with van der Waals surface area (Å²) < 4.78 is 5.99. The molecule has 1 aromatic heterocycles. The van der Waals surface area contributed by atoms with E-state index in [1.165, 1.54) is 0 Å². The minimum absolute atomic E-state index is 0.117. The van der Waals surface area contributed by atoms with E-state index >= 15 is 0 Å². The number of nitrogens with zero attached hydrogens (tertiary/aromatic N) is 3. The lowest BCUT2D eigenvalue weighted by atomic mass is 10.0. The minimum atomic E-state index is -1.05. The number of nitrogens with one attached hydrogen (secondary N) is 3. The summed E-state index contributed by atoms with van der Waals surface area (Å²) >= 11 is 0. The number of urea groups is 1. The van der Waals surface area contributed by atoms with Crippen molar-refractivity contribution in [3.63, 3.8) is 0 Å². The van der Waals surface area contributed by atoms with Crippen molar-refractivity contribution >= 4 is 34.7 Å². The highest BCUT2D eigenvalue weighted by atomic mass is 16.5. The quantitative estimate of drug-likeness (QED) is 0.367. The summed E-state index contributed by atoms with van der Waals surface area (Å²) in [6.07, 6.45) is -0.117. The second kappa shape index (κ2) is 11.7. The Morgan fingerprint density at radius 3 is 2.50 bits per heavy atom. The van der Waals surface area contributed by atoms with Crippen molar-refractivity contribution in [2.45, 2.75) is 32.0 Å². The summed E-state index contributed by atoms with van der Waals surface area (Å²) in [4.78, 5) is 58.7. The van der Waals surface area contributed by atoms with Crippen LogP contribution in [0.2, 0.25) is 0 Å². The Bertz CT molecular complexity index is 1430. The highest BCUT2D eigenvalue weighted by molar-refractivity contribution is 6.05. The van der Waals surface area contributed by atoms with Crippen LogP contribution >= 0.6 is 0 Å². The number of amides is 5. The van der Waals surface area contributed by atoms with Gasteiger partial charge in [-0.15, -0.1) is 0 Å². The first-order valence-electron chi connectivity index (χ1n) is 13.2. The second-order valence-corrected chi connectivity index (χ2v) is 10.2. The predicted molar refractivity (Wildman–Crippen MR) is 148 cm³/mol. The standard InChI is InChI=1S/C29H32N6O5/c1-18-15-20(22-5-3-4-6-23(22)30-18)17-40-21-9-7-19(8-10-21)27(37)31-24(26-28(38)33-29(39)32-26)16-25(36)35-13-11-34(2)12-14-35/h3-10,15,24,26H,11-14,16-17H2,1-2H3,(H,31,37)(H2,32,33,38,39). The summed E-state index contributed by atoms with van der Waals surface area (Å²) in [7, 11) is 1.99. The van der Waals surface area contributed by atoms with Crippen LogP contribution in [-0.2, 0) is 16.2 Å². The molecular weight excluding hydrogens is 512 g/mol. The van der Waals surface area contributed by atoms with Crippen molar-refractivity contribution < 1.29 is 23.9 Å². The molecule has 2 aromatic carbocycles. The van der Waals surface area contributed by atoms with Gasteiger partial charge >= 0.3 is 6.03 Å². The third kappa shape index (κ3) is 6.20. The van der Waals surface area contributed by atoms with Gasteiger partial charge in [0.2, 0.25) is 5.91 Å². The molecule has 0 spiro atoms. The Kier molecular flexibility index (Phi) is 7.92. The summed E-state index contributed by atoms with van der Waals surface area (Å²) in [5.41, 5.74) is 3.15. The maximum Gasteiger partial charge on any atom is 0.322 e. The third-order valence-electron chi connectivity index (χ3n) is 7.22. The van der Waals surface area contributed by atoms with Gasteiger partial charge < -0.3 is 25.2 Å². The summed E-state index contributed by atoms with van der Waals surface area (Å²) in [6.45, 7) is 4.90. The van der Waals surface area contributed by atoms with Crippen molar-refractivity contribution in [1.82, 2.24) is 30.7 Å². The molecule has 11 heteroatoms. The molecule has 2 fully saturated rings. The van der Waals surface area contributed by atoms with Gasteiger partial charge in [0.1, 0.15) is 18.4 Å². The molecule has 2 saturated heterocycles. The molecule has 2 atom stereocenters. The van der Waals surface area contributed by atoms with Gasteiger partial charge in [0, 0.05) is 54.8 Å². The van der Waals surface area contributed by atoms with Crippen molar-refractivity contribution in [2.75, 3.05) is 33.2 Å². The topological polar surface area (TPSA) is 133 Å². The first kappa shape index (κ1) is 27.1. The molecule has 0 radical (unpaired) electrons. The molecule has 11 nitrogen and oxygen atoms in total. The van der Waals surface area contributed by atoms with Gasteiger partial charge in [-0.2, -0.15) is 0 Å². The van der Waals surface area contributed by atoms with Crippen LogP contribution in [0.25, 0.3) is 10.9 Å². The minimum Gasteiger partial charge on any atom is -0.489 e. The number of carbonyl (C=O) groups is 4. The molecule has 2 unspecified atom stereocenters. The number of hydrogen-bond donors (Lipinski definition) is 3. The molecule has 208 valence electrons. The van der Waals surface area contributed by atoms with E-state index in [0.29, 0.717) is 31.0 Å². The van der Waals surface area contributed by atoms with Crippen molar-refractivity contribution in [1.29, 1.82) is 0 Å². The molecule has 2 aliphatic heterocycles. The molecule has 5 rings (SSSR count). The number of aromatic nitrogens is 1. The molecule has 3 aromatic rings. The average molecular weight is 545 g/mol. The lowest BCUT2D eigenvalue weighted by Crippen LogP contribution is -2.54. The van der Waals surface area contributed by atoms with Gasteiger partial charge in [0.15, 0.2) is 0 Å². The van der Waals surface area contributed by atoms with Crippen LogP contribution in [0.4, 0.5) is 4.79 Å². The maximum atomic E-state index is 13.1. The molecule has 5 amide bonds.